The predicted molar refractivity (Wildman–Crippen MR) is 56.9 cm³/mol. The van der Waals surface area contributed by atoms with E-state index in [1.807, 2.05) is 6.07 Å². The summed E-state index contributed by atoms with van der Waals surface area (Å²) in [5.74, 6) is 0.904. The SMILES string of the molecule is CC(C)c1ccc(OCC(O)CO)nc1. The fraction of sp³-hybridized carbons (Fsp3) is 0.545. The van der Waals surface area contributed by atoms with Crippen LogP contribution in [0.15, 0.2) is 18.3 Å². The maximum absolute atomic E-state index is 9.06. The van der Waals surface area contributed by atoms with Crippen LogP contribution < -0.4 is 4.74 Å². The maximum Gasteiger partial charge on any atom is 0.213 e. The van der Waals surface area contributed by atoms with Crippen molar-refractivity contribution in [3.8, 4) is 5.88 Å². The Morgan fingerprint density at radius 1 is 1.40 bits per heavy atom. The van der Waals surface area contributed by atoms with E-state index in [-0.39, 0.29) is 13.2 Å². The summed E-state index contributed by atoms with van der Waals surface area (Å²) in [4.78, 5) is 4.09. The highest BCUT2D eigenvalue weighted by molar-refractivity contribution is 5.20. The van der Waals surface area contributed by atoms with Crippen LogP contribution in [0.4, 0.5) is 0 Å². The second kappa shape index (κ2) is 5.68. The van der Waals surface area contributed by atoms with Gasteiger partial charge >= 0.3 is 0 Å². The molecule has 0 amide bonds. The summed E-state index contributed by atoms with van der Waals surface area (Å²) in [6, 6.07) is 3.71. The van der Waals surface area contributed by atoms with E-state index < -0.39 is 6.10 Å². The summed E-state index contributed by atoms with van der Waals surface area (Å²) in [5.41, 5.74) is 1.14. The van der Waals surface area contributed by atoms with Crippen molar-refractivity contribution in [2.24, 2.45) is 0 Å². The minimum Gasteiger partial charge on any atom is -0.475 e. The van der Waals surface area contributed by atoms with E-state index in [1.165, 1.54) is 0 Å². The van der Waals surface area contributed by atoms with Crippen LogP contribution >= 0.6 is 0 Å². The molecular formula is C11H17NO3. The third-order valence-corrected chi connectivity index (χ3v) is 2.06. The Bertz CT molecular complexity index is 284. The molecule has 84 valence electrons. The lowest BCUT2D eigenvalue weighted by Crippen LogP contribution is -2.21. The molecule has 0 aliphatic carbocycles. The molecule has 0 fully saturated rings. The van der Waals surface area contributed by atoms with Crippen LogP contribution in [0.5, 0.6) is 5.88 Å². The Morgan fingerprint density at radius 3 is 2.60 bits per heavy atom. The molecule has 0 aliphatic heterocycles. The molecule has 1 heterocycles. The maximum atomic E-state index is 9.06. The van der Waals surface area contributed by atoms with E-state index in [0.29, 0.717) is 11.8 Å². The van der Waals surface area contributed by atoms with Crippen molar-refractivity contribution in [2.75, 3.05) is 13.2 Å². The summed E-state index contributed by atoms with van der Waals surface area (Å²) < 4.78 is 5.17. The van der Waals surface area contributed by atoms with Gasteiger partial charge in [0, 0.05) is 12.3 Å². The van der Waals surface area contributed by atoms with E-state index in [2.05, 4.69) is 18.8 Å². The molecule has 0 bridgehead atoms. The van der Waals surface area contributed by atoms with Crippen molar-refractivity contribution in [3.63, 3.8) is 0 Å². The van der Waals surface area contributed by atoms with Gasteiger partial charge in [0.25, 0.3) is 0 Å². The summed E-state index contributed by atoms with van der Waals surface area (Å²) in [7, 11) is 0. The van der Waals surface area contributed by atoms with Gasteiger partial charge in [0.05, 0.1) is 6.61 Å². The average molecular weight is 211 g/mol. The molecule has 1 rings (SSSR count). The number of aliphatic hydroxyl groups excluding tert-OH is 2. The number of hydrogen-bond donors (Lipinski definition) is 2. The number of pyridine rings is 1. The van der Waals surface area contributed by atoms with Crippen LogP contribution in [0.3, 0.4) is 0 Å². The number of nitrogens with zero attached hydrogens (tertiary/aromatic N) is 1. The van der Waals surface area contributed by atoms with Crippen molar-refractivity contribution in [2.45, 2.75) is 25.9 Å². The smallest absolute Gasteiger partial charge is 0.213 e. The molecule has 1 aromatic heterocycles. The number of hydrogen-bond acceptors (Lipinski definition) is 4. The molecule has 0 saturated carbocycles. The Balaban J connectivity index is 2.50. The molecule has 1 aromatic rings. The first-order chi connectivity index (χ1) is 7.13. The number of rotatable bonds is 5. The minimum atomic E-state index is -0.850. The highest BCUT2D eigenvalue weighted by atomic mass is 16.5. The first-order valence-corrected chi connectivity index (χ1v) is 5.01. The molecule has 4 heteroatoms. The zero-order valence-electron chi connectivity index (χ0n) is 9.05. The van der Waals surface area contributed by atoms with E-state index in [0.717, 1.165) is 5.56 Å². The third kappa shape index (κ3) is 3.85. The van der Waals surface area contributed by atoms with Crippen LogP contribution in [0, 0.1) is 0 Å². The van der Waals surface area contributed by atoms with Crippen LogP contribution in [0.2, 0.25) is 0 Å². The van der Waals surface area contributed by atoms with Gasteiger partial charge in [-0.1, -0.05) is 19.9 Å². The molecular weight excluding hydrogens is 194 g/mol. The van der Waals surface area contributed by atoms with E-state index in [1.54, 1.807) is 12.3 Å². The second-order valence-electron chi connectivity index (χ2n) is 3.73. The van der Waals surface area contributed by atoms with E-state index in [4.69, 9.17) is 14.9 Å². The van der Waals surface area contributed by atoms with Gasteiger partial charge in [-0.15, -0.1) is 0 Å². The molecule has 2 N–H and O–H groups in total. The molecule has 0 spiro atoms. The second-order valence-corrected chi connectivity index (χ2v) is 3.73. The highest BCUT2D eigenvalue weighted by Gasteiger charge is 2.04. The lowest BCUT2D eigenvalue weighted by atomic mass is 10.1. The first kappa shape index (κ1) is 11.9. The van der Waals surface area contributed by atoms with E-state index in [9.17, 15) is 0 Å². The topological polar surface area (TPSA) is 62.6 Å². The van der Waals surface area contributed by atoms with Crippen molar-refractivity contribution in [3.05, 3.63) is 23.9 Å². The highest BCUT2D eigenvalue weighted by Crippen LogP contribution is 2.15. The lowest BCUT2D eigenvalue weighted by Gasteiger charge is -2.10. The fourth-order valence-electron chi connectivity index (χ4n) is 1.05. The van der Waals surface area contributed by atoms with Crippen LogP contribution in [-0.2, 0) is 0 Å². The standard InChI is InChI=1S/C11H17NO3/c1-8(2)9-3-4-11(12-5-9)15-7-10(14)6-13/h3-5,8,10,13-14H,6-7H2,1-2H3. The van der Waals surface area contributed by atoms with Crippen LogP contribution in [0.1, 0.15) is 25.3 Å². The Hall–Kier alpha value is -1.13. The van der Waals surface area contributed by atoms with Gasteiger partial charge in [-0.25, -0.2) is 4.98 Å². The fourth-order valence-corrected chi connectivity index (χ4v) is 1.05. The normalized spacial score (nSPS) is 12.9. The van der Waals surface area contributed by atoms with Gasteiger partial charge in [-0.05, 0) is 11.5 Å². The predicted octanol–water partition coefficient (Wildman–Crippen LogP) is 0.937. The van der Waals surface area contributed by atoms with Gasteiger partial charge in [-0.3, -0.25) is 0 Å². The number of ether oxygens (including phenoxy) is 1. The van der Waals surface area contributed by atoms with Crippen molar-refractivity contribution in [1.82, 2.24) is 4.98 Å². The molecule has 15 heavy (non-hydrogen) atoms. The van der Waals surface area contributed by atoms with Gasteiger partial charge in [-0.2, -0.15) is 0 Å². The largest absolute Gasteiger partial charge is 0.475 e. The van der Waals surface area contributed by atoms with Gasteiger partial charge in [0.1, 0.15) is 12.7 Å². The Labute approximate surface area is 89.5 Å². The van der Waals surface area contributed by atoms with Crippen molar-refractivity contribution in [1.29, 1.82) is 0 Å². The van der Waals surface area contributed by atoms with Crippen molar-refractivity contribution >= 4 is 0 Å². The first-order valence-electron chi connectivity index (χ1n) is 5.01. The summed E-state index contributed by atoms with van der Waals surface area (Å²) >= 11 is 0. The summed E-state index contributed by atoms with van der Waals surface area (Å²) in [6.07, 6.45) is 0.905. The molecule has 4 nitrogen and oxygen atoms in total. The Morgan fingerprint density at radius 2 is 2.13 bits per heavy atom. The molecule has 0 saturated heterocycles. The zero-order chi connectivity index (χ0) is 11.3. The lowest BCUT2D eigenvalue weighted by molar-refractivity contribution is 0.0521. The van der Waals surface area contributed by atoms with E-state index >= 15 is 0 Å². The number of aromatic nitrogens is 1. The number of aliphatic hydroxyl groups is 2. The molecule has 1 unspecified atom stereocenters. The molecule has 0 aromatic carbocycles. The third-order valence-electron chi connectivity index (χ3n) is 2.06. The van der Waals surface area contributed by atoms with Gasteiger partial charge < -0.3 is 14.9 Å². The van der Waals surface area contributed by atoms with Crippen LogP contribution in [0.25, 0.3) is 0 Å². The monoisotopic (exact) mass is 211 g/mol. The quantitative estimate of drug-likeness (QED) is 0.760. The summed E-state index contributed by atoms with van der Waals surface area (Å²) in [5, 5.41) is 17.6. The minimum absolute atomic E-state index is 0.0600. The molecule has 1 atom stereocenters. The van der Waals surface area contributed by atoms with Gasteiger partial charge in [0.2, 0.25) is 5.88 Å². The molecule has 0 aliphatic rings. The van der Waals surface area contributed by atoms with Gasteiger partial charge in [0.15, 0.2) is 0 Å². The van der Waals surface area contributed by atoms with Crippen molar-refractivity contribution < 1.29 is 14.9 Å². The van der Waals surface area contributed by atoms with Crippen LogP contribution in [-0.4, -0.2) is 34.5 Å². The molecule has 0 radical (unpaired) electrons. The zero-order valence-corrected chi connectivity index (χ0v) is 9.05. The Kier molecular flexibility index (Phi) is 4.52. The summed E-state index contributed by atoms with van der Waals surface area (Å²) in [6.45, 7) is 3.94. The average Bonchev–Trinajstić information content (AvgIpc) is 2.26.